The minimum atomic E-state index is -0.690. The Morgan fingerprint density at radius 3 is 2.37 bits per heavy atom. The van der Waals surface area contributed by atoms with Gasteiger partial charge in [-0.3, -0.25) is 4.79 Å². The minimum absolute atomic E-state index is 0.147. The third-order valence-electron chi connectivity index (χ3n) is 5.09. The fourth-order valence-electron chi connectivity index (χ4n) is 3.49. The zero-order chi connectivity index (χ0) is 20.0. The molecular weight excluding hydrogens is 340 g/mol. The van der Waals surface area contributed by atoms with Crippen LogP contribution in [-0.2, 0) is 33.6 Å². The summed E-state index contributed by atoms with van der Waals surface area (Å²) in [4.78, 5) is 28.2. The fraction of sp³-hybridized carbons (Fsp3) is 0.455. The number of amides is 1. The molecule has 27 heavy (non-hydrogen) atoms. The van der Waals surface area contributed by atoms with Crippen LogP contribution in [0.1, 0.15) is 41.9 Å². The maximum atomic E-state index is 12.7. The summed E-state index contributed by atoms with van der Waals surface area (Å²) in [7, 11) is 1.34. The molecule has 0 spiro atoms. The van der Waals surface area contributed by atoms with Crippen LogP contribution in [0.15, 0.2) is 30.3 Å². The van der Waals surface area contributed by atoms with Gasteiger partial charge in [0.1, 0.15) is 6.04 Å². The number of carbonyl (C=O) groups excluding carboxylic acids is 2. The molecule has 5 nitrogen and oxygen atoms in total. The number of benzene rings is 1. The molecule has 1 aromatic heterocycles. The zero-order valence-electron chi connectivity index (χ0n) is 16.9. The molecule has 2 atom stereocenters. The van der Waals surface area contributed by atoms with Crippen LogP contribution in [0.2, 0.25) is 0 Å². The van der Waals surface area contributed by atoms with Crippen molar-refractivity contribution in [3.8, 4) is 0 Å². The average molecular weight is 370 g/mol. The molecule has 0 bridgehead atoms. The fourth-order valence-corrected chi connectivity index (χ4v) is 3.49. The molecule has 1 heterocycles. The van der Waals surface area contributed by atoms with Crippen molar-refractivity contribution in [2.75, 3.05) is 7.11 Å². The Balaban J connectivity index is 2.06. The lowest BCUT2D eigenvalue weighted by molar-refractivity contribution is -0.145. The first-order chi connectivity index (χ1) is 12.9. The highest BCUT2D eigenvalue weighted by Crippen LogP contribution is 2.21. The molecule has 2 unspecified atom stereocenters. The Kier molecular flexibility index (Phi) is 7.22. The Morgan fingerprint density at radius 2 is 1.81 bits per heavy atom. The van der Waals surface area contributed by atoms with Crippen LogP contribution in [0.4, 0.5) is 0 Å². The molecule has 0 fully saturated rings. The molecule has 1 aromatic carbocycles. The molecule has 0 aliphatic carbocycles. The van der Waals surface area contributed by atoms with Gasteiger partial charge in [0, 0.05) is 23.7 Å². The van der Waals surface area contributed by atoms with E-state index in [1.165, 1.54) is 18.2 Å². The number of H-pyrrole nitrogens is 1. The van der Waals surface area contributed by atoms with Crippen molar-refractivity contribution < 1.29 is 14.3 Å². The minimum Gasteiger partial charge on any atom is -0.467 e. The standard InChI is InChI=1S/C22H30N2O3/c1-6-18-15(3)19(23-16(18)4)12-14(2)21(25)24-20(22(26)27-5)13-17-10-8-7-9-11-17/h7-11,14,20,23H,6,12-13H2,1-5H3,(H,24,25). The first kappa shape index (κ1) is 20.7. The van der Waals surface area contributed by atoms with Gasteiger partial charge in [0.25, 0.3) is 0 Å². The lowest BCUT2D eigenvalue weighted by atomic mass is 9.99. The van der Waals surface area contributed by atoms with Crippen LogP contribution in [0.25, 0.3) is 0 Å². The van der Waals surface area contributed by atoms with Crippen LogP contribution in [0.5, 0.6) is 0 Å². The number of ether oxygens (including phenoxy) is 1. The Hall–Kier alpha value is -2.56. The number of carbonyl (C=O) groups is 2. The van der Waals surface area contributed by atoms with E-state index < -0.39 is 12.0 Å². The molecule has 0 saturated heterocycles. The Bertz CT molecular complexity index is 780. The lowest BCUT2D eigenvalue weighted by Crippen LogP contribution is -2.45. The van der Waals surface area contributed by atoms with E-state index >= 15 is 0 Å². The largest absolute Gasteiger partial charge is 0.467 e. The lowest BCUT2D eigenvalue weighted by Gasteiger charge is -2.19. The van der Waals surface area contributed by atoms with Gasteiger partial charge >= 0.3 is 5.97 Å². The number of aromatic nitrogens is 1. The van der Waals surface area contributed by atoms with E-state index in [1.807, 2.05) is 37.3 Å². The second kappa shape index (κ2) is 9.40. The van der Waals surface area contributed by atoms with Gasteiger partial charge in [-0.2, -0.15) is 0 Å². The zero-order valence-corrected chi connectivity index (χ0v) is 16.9. The summed E-state index contributed by atoms with van der Waals surface area (Å²) in [5.74, 6) is -0.833. The second-order valence-electron chi connectivity index (χ2n) is 7.06. The number of aromatic amines is 1. The summed E-state index contributed by atoms with van der Waals surface area (Å²) in [6.07, 6.45) is 1.99. The van der Waals surface area contributed by atoms with Crippen LogP contribution in [0, 0.1) is 19.8 Å². The van der Waals surface area contributed by atoms with E-state index in [0.29, 0.717) is 12.8 Å². The van der Waals surface area contributed by atoms with Gasteiger partial charge < -0.3 is 15.0 Å². The second-order valence-corrected chi connectivity index (χ2v) is 7.06. The summed E-state index contributed by atoms with van der Waals surface area (Å²) >= 11 is 0. The monoisotopic (exact) mass is 370 g/mol. The summed E-state index contributed by atoms with van der Waals surface area (Å²) in [6, 6.07) is 8.92. The third-order valence-corrected chi connectivity index (χ3v) is 5.09. The molecule has 0 aliphatic heterocycles. The van der Waals surface area contributed by atoms with Crippen LogP contribution in [0.3, 0.4) is 0 Å². The molecule has 1 amide bonds. The first-order valence-electron chi connectivity index (χ1n) is 9.46. The predicted octanol–water partition coefficient (Wildman–Crippen LogP) is 3.27. The quantitative estimate of drug-likeness (QED) is 0.701. The van der Waals surface area contributed by atoms with Gasteiger partial charge in [0.2, 0.25) is 5.91 Å². The summed E-state index contributed by atoms with van der Waals surface area (Å²) in [5, 5.41) is 2.86. The van der Waals surface area contributed by atoms with Gasteiger partial charge in [0.05, 0.1) is 7.11 Å². The van der Waals surface area contributed by atoms with Gasteiger partial charge in [-0.15, -0.1) is 0 Å². The third kappa shape index (κ3) is 5.22. The molecule has 0 saturated carbocycles. The van der Waals surface area contributed by atoms with Gasteiger partial charge in [-0.05, 0) is 43.4 Å². The molecule has 2 aromatic rings. The molecule has 2 N–H and O–H groups in total. The van der Waals surface area contributed by atoms with Crippen LogP contribution < -0.4 is 5.32 Å². The van der Waals surface area contributed by atoms with Crippen molar-refractivity contribution in [2.45, 2.75) is 53.0 Å². The molecular formula is C22H30N2O3. The summed E-state index contributed by atoms with van der Waals surface area (Å²) in [6.45, 7) is 8.17. The van der Waals surface area contributed by atoms with Gasteiger partial charge in [-0.1, -0.05) is 44.2 Å². The first-order valence-corrected chi connectivity index (χ1v) is 9.46. The van der Waals surface area contributed by atoms with E-state index in [2.05, 4.69) is 31.1 Å². The topological polar surface area (TPSA) is 71.2 Å². The number of hydrogen-bond donors (Lipinski definition) is 2. The highest BCUT2D eigenvalue weighted by molar-refractivity contribution is 5.85. The van der Waals surface area contributed by atoms with Gasteiger partial charge in [0.15, 0.2) is 0 Å². The molecule has 146 valence electrons. The highest BCUT2D eigenvalue weighted by Gasteiger charge is 2.25. The van der Waals surface area contributed by atoms with Crippen molar-refractivity contribution >= 4 is 11.9 Å². The SMILES string of the molecule is CCc1c(C)[nH]c(CC(C)C(=O)NC(Cc2ccccc2)C(=O)OC)c1C. The predicted molar refractivity (Wildman–Crippen MR) is 107 cm³/mol. The highest BCUT2D eigenvalue weighted by atomic mass is 16.5. The number of hydrogen-bond acceptors (Lipinski definition) is 3. The smallest absolute Gasteiger partial charge is 0.328 e. The summed E-state index contributed by atoms with van der Waals surface area (Å²) in [5.41, 5.74) is 5.76. The number of esters is 1. The molecule has 2 rings (SSSR count). The summed E-state index contributed by atoms with van der Waals surface area (Å²) < 4.78 is 4.88. The van der Waals surface area contributed by atoms with Crippen molar-refractivity contribution in [1.29, 1.82) is 0 Å². The van der Waals surface area contributed by atoms with Crippen molar-refractivity contribution in [2.24, 2.45) is 5.92 Å². The Morgan fingerprint density at radius 1 is 1.15 bits per heavy atom. The Labute approximate surface area is 161 Å². The maximum absolute atomic E-state index is 12.7. The molecule has 5 heteroatoms. The van der Waals surface area contributed by atoms with E-state index in [1.54, 1.807) is 0 Å². The average Bonchev–Trinajstić information content (AvgIpc) is 2.93. The molecule has 0 aliphatic rings. The maximum Gasteiger partial charge on any atom is 0.328 e. The normalized spacial score (nSPS) is 13.1. The van der Waals surface area contributed by atoms with E-state index in [0.717, 1.165) is 23.4 Å². The van der Waals surface area contributed by atoms with Crippen molar-refractivity contribution in [3.05, 3.63) is 58.4 Å². The van der Waals surface area contributed by atoms with Gasteiger partial charge in [-0.25, -0.2) is 4.79 Å². The van der Waals surface area contributed by atoms with E-state index in [-0.39, 0.29) is 11.8 Å². The van der Waals surface area contributed by atoms with Crippen molar-refractivity contribution in [1.82, 2.24) is 10.3 Å². The number of rotatable bonds is 8. The molecule has 0 radical (unpaired) electrons. The number of aryl methyl sites for hydroxylation is 1. The van der Waals surface area contributed by atoms with Crippen LogP contribution in [-0.4, -0.2) is 30.0 Å². The number of nitrogens with one attached hydrogen (secondary N) is 2. The van der Waals surface area contributed by atoms with E-state index in [9.17, 15) is 9.59 Å². The van der Waals surface area contributed by atoms with Crippen LogP contribution >= 0.6 is 0 Å². The van der Waals surface area contributed by atoms with Crippen molar-refractivity contribution in [3.63, 3.8) is 0 Å². The van der Waals surface area contributed by atoms with E-state index in [4.69, 9.17) is 4.74 Å². The number of methoxy groups -OCH3 is 1.